The van der Waals surface area contributed by atoms with Crippen LogP contribution in [0.1, 0.15) is 6.92 Å². The van der Waals surface area contributed by atoms with Crippen LogP contribution in [0.15, 0.2) is 33.9 Å². The van der Waals surface area contributed by atoms with E-state index in [-0.39, 0.29) is 15.1 Å². The van der Waals surface area contributed by atoms with Gasteiger partial charge in [-0.3, -0.25) is 9.52 Å². The van der Waals surface area contributed by atoms with Crippen LogP contribution in [0, 0.1) is 0 Å². The molecule has 0 radical (unpaired) electrons. The lowest BCUT2D eigenvalue weighted by molar-refractivity contribution is -0.114. The van der Waals surface area contributed by atoms with Crippen LogP contribution >= 0.6 is 22.9 Å². The molecule has 0 bridgehead atoms. The molecule has 0 fully saturated rings. The Balaban J connectivity index is 2.24. The fraction of sp³-hybridized carbons (Fsp3) is 0.0833. The van der Waals surface area contributed by atoms with Gasteiger partial charge in [0.15, 0.2) is 0 Å². The van der Waals surface area contributed by atoms with E-state index in [1.807, 2.05) is 0 Å². The number of nitrogens with two attached hydrogens (primary N) is 1. The van der Waals surface area contributed by atoms with Crippen LogP contribution in [-0.2, 0) is 14.8 Å². The number of carbonyl (C=O) groups excluding carboxylic acids is 1. The number of hydrogen-bond acceptors (Lipinski definition) is 5. The lowest BCUT2D eigenvalue weighted by Gasteiger charge is -2.09. The maximum absolute atomic E-state index is 12.1. The van der Waals surface area contributed by atoms with Gasteiger partial charge < -0.3 is 11.1 Å². The first kappa shape index (κ1) is 15.6. The molecule has 6 nitrogen and oxygen atoms in total. The second-order valence-electron chi connectivity index (χ2n) is 4.18. The van der Waals surface area contributed by atoms with Crippen LogP contribution in [0.3, 0.4) is 0 Å². The number of anilines is 3. The summed E-state index contributed by atoms with van der Waals surface area (Å²) >= 11 is 7.01. The second-order valence-corrected chi connectivity index (χ2v) is 7.41. The summed E-state index contributed by atoms with van der Waals surface area (Å²) in [6.45, 7) is 1.36. The highest BCUT2D eigenvalue weighted by Gasteiger charge is 2.17. The van der Waals surface area contributed by atoms with Crippen molar-refractivity contribution in [3.05, 3.63) is 34.7 Å². The molecule has 21 heavy (non-hydrogen) atoms. The maximum Gasteiger partial charge on any atom is 0.271 e. The molecular formula is C12H12ClN3O3S2. The van der Waals surface area contributed by atoms with E-state index < -0.39 is 10.0 Å². The fourth-order valence-electron chi connectivity index (χ4n) is 1.55. The molecule has 0 saturated heterocycles. The molecule has 0 aliphatic heterocycles. The minimum Gasteiger partial charge on any atom is -0.398 e. The van der Waals surface area contributed by atoms with Crippen molar-refractivity contribution in [2.75, 3.05) is 15.8 Å². The average molecular weight is 346 g/mol. The number of sulfonamides is 1. The Bertz CT molecular complexity index is 787. The first-order valence-corrected chi connectivity index (χ1v) is 8.46. The molecule has 1 aromatic heterocycles. The van der Waals surface area contributed by atoms with Crippen molar-refractivity contribution in [2.45, 2.75) is 11.1 Å². The summed E-state index contributed by atoms with van der Waals surface area (Å²) in [5, 5.41) is 4.31. The zero-order chi connectivity index (χ0) is 15.6. The summed E-state index contributed by atoms with van der Waals surface area (Å²) in [5.41, 5.74) is 6.61. The van der Waals surface area contributed by atoms with E-state index in [9.17, 15) is 13.2 Å². The molecule has 1 aromatic carbocycles. The Kier molecular flexibility index (Phi) is 4.40. The topological polar surface area (TPSA) is 101 Å². The molecule has 0 spiro atoms. The Labute approximate surface area is 131 Å². The van der Waals surface area contributed by atoms with Crippen LogP contribution in [0.4, 0.5) is 17.1 Å². The number of thiophene rings is 1. The van der Waals surface area contributed by atoms with Crippen molar-refractivity contribution < 1.29 is 13.2 Å². The van der Waals surface area contributed by atoms with Gasteiger partial charge in [-0.2, -0.15) is 0 Å². The third-order valence-electron chi connectivity index (χ3n) is 2.39. The summed E-state index contributed by atoms with van der Waals surface area (Å²) in [6, 6.07) is 5.82. The lowest BCUT2D eigenvalue weighted by Crippen LogP contribution is -2.12. The van der Waals surface area contributed by atoms with E-state index in [4.69, 9.17) is 17.3 Å². The highest BCUT2D eigenvalue weighted by atomic mass is 35.5. The number of hydrogen-bond donors (Lipinski definition) is 3. The summed E-state index contributed by atoms with van der Waals surface area (Å²) in [4.78, 5) is 11.0. The Morgan fingerprint density at radius 2 is 2.05 bits per heavy atom. The number of halogens is 1. The number of nitrogen functional groups attached to an aromatic ring is 1. The molecule has 1 amide bonds. The number of benzene rings is 1. The number of carbonyl (C=O) groups is 1. The number of nitrogens with one attached hydrogen (secondary N) is 2. The molecule has 0 atom stereocenters. The monoisotopic (exact) mass is 345 g/mol. The predicted molar refractivity (Wildman–Crippen MR) is 85.3 cm³/mol. The highest BCUT2D eigenvalue weighted by molar-refractivity contribution is 7.94. The SMILES string of the molecule is CC(=O)Nc1ccc(NS(=O)(=O)c2cc(N)cs2)cc1Cl. The number of amides is 1. The molecule has 4 N–H and O–H groups in total. The van der Waals surface area contributed by atoms with Gasteiger partial charge in [0.2, 0.25) is 5.91 Å². The summed E-state index contributed by atoms with van der Waals surface area (Å²) in [5.74, 6) is -0.265. The Morgan fingerprint density at radius 3 is 2.57 bits per heavy atom. The van der Waals surface area contributed by atoms with Crippen molar-refractivity contribution in [1.82, 2.24) is 0 Å². The number of rotatable bonds is 4. The molecule has 0 saturated carbocycles. The Morgan fingerprint density at radius 1 is 1.33 bits per heavy atom. The van der Waals surface area contributed by atoms with Crippen molar-refractivity contribution in [1.29, 1.82) is 0 Å². The average Bonchev–Trinajstić information content (AvgIpc) is 2.79. The molecule has 0 aliphatic carbocycles. The van der Waals surface area contributed by atoms with E-state index in [0.717, 1.165) is 11.3 Å². The standard InChI is InChI=1S/C12H12ClN3O3S2/c1-7(17)15-11-3-2-9(5-10(11)13)16-21(18,19)12-4-8(14)6-20-12/h2-6,16H,14H2,1H3,(H,15,17). The van der Waals surface area contributed by atoms with Gasteiger partial charge in [0.05, 0.1) is 16.4 Å². The molecule has 9 heteroatoms. The summed E-state index contributed by atoms with van der Waals surface area (Å²) in [6.07, 6.45) is 0. The maximum atomic E-state index is 12.1. The van der Waals surface area contributed by atoms with Crippen LogP contribution in [0.25, 0.3) is 0 Å². The molecular weight excluding hydrogens is 334 g/mol. The van der Waals surface area contributed by atoms with Gasteiger partial charge in [-0.15, -0.1) is 11.3 Å². The zero-order valence-corrected chi connectivity index (χ0v) is 13.3. The van der Waals surface area contributed by atoms with Gasteiger partial charge in [0, 0.05) is 18.0 Å². The zero-order valence-electron chi connectivity index (χ0n) is 10.9. The first-order valence-electron chi connectivity index (χ1n) is 5.72. The van der Waals surface area contributed by atoms with Gasteiger partial charge in [0.1, 0.15) is 4.21 Å². The van der Waals surface area contributed by atoms with Crippen molar-refractivity contribution in [3.8, 4) is 0 Å². The van der Waals surface area contributed by atoms with Gasteiger partial charge in [0.25, 0.3) is 10.0 Å². The molecule has 0 unspecified atom stereocenters. The highest BCUT2D eigenvalue weighted by Crippen LogP contribution is 2.28. The summed E-state index contributed by atoms with van der Waals surface area (Å²) < 4.78 is 26.8. The van der Waals surface area contributed by atoms with Crippen LogP contribution in [-0.4, -0.2) is 14.3 Å². The van der Waals surface area contributed by atoms with E-state index in [2.05, 4.69) is 10.0 Å². The third kappa shape index (κ3) is 3.87. The minimum absolute atomic E-state index is 0.113. The van der Waals surface area contributed by atoms with Gasteiger partial charge in [-0.1, -0.05) is 11.6 Å². The Hall–Kier alpha value is -1.77. The molecule has 112 valence electrons. The largest absolute Gasteiger partial charge is 0.398 e. The van der Waals surface area contributed by atoms with Crippen LogP contribution in [0.5, 0.6) is 0 Å². The normalized spacial score (nSPS) is 11.1. The van der Waals surface area contributed by atoms with E-state index >= 15 is 0 Å². The third-order valence-corrected chi connectivity index (χ3v) is 5.54. The predicted octanol–water partition coefficient (Wildman–Crippen LogP) is 2.74. The smallest absolute Gasteiger partial charge is 0.271 e. The van der Waals surface area contributed by atoms with Crippen LogP contribution in [0.2, 0.25) is 5.02 Å². The van der Waals surface area contributed by atoms with E-state index in [1.165, 1.54) is 31.2 Å². The second kappa shape index (κ2) is 5.92. The van der Waals surface area contributed by atoms with Crippen molar-refractivity contribution >= 4 is 55.9 Å². The minimum atomic E-state index is -3.70. The quantitative estimate of drug-likeness (QED) is 0.792. The lowest BCUT2D eigenvalue weighted by atomic mass is 10.3. The molecule has 2 aromatic rings. The fourth-order valence-corrected chi connectivity index (χ4v) is 3.90. The molecule has 2 rings (SSSR count). The van der Waals surface area contributed by atoms with Gasteiger partial charge in [-0.05, 0) is 24.3 Å². The van der Waals surface area contributed by atoms with Crippen LogP contribution < -0.4 is 15.8 Å². The van der Waals surface area contributed by atoms with E-state index in [0.29, 0.717) is 17.1 Å². The first-order chi connectivity index (χ1) is 9.78. The molecule has 1 heterocycles. The van der Waals surface area contributed by atoms with Crippen molar-refractivity contribution in [3.63, 3.8) is 0 Å². The summed E-state index contributed by atoms with van der Waals surface area (Å²) in [7, 11) is -3.70. The van der Waals surface area contributed by atoms with Gasteiger partial charge >= 0.3 is 0 Å². The van der Waals surface area contributed by atoms with Crippen molar-refractivity contribution in [2.24, 2.45) is 0 Å². The van der Waals surface area contributed by atoms with E-state index in [1.54, 1.807) is 5.38 Å². The molecule has 0 aliphatic rings. The van der Waals surface area contributed by atoms with Gasteiger partial charge in [-0.25, -0.2) is 8.42 Å².